The van der Waals surface area contributed by atoms with Crippen LogP contribution in [0.2, 0.25) is 5.02 Å². The average Bonchev–Trinajstić information content (AvgIpc) is 2.42. The molecule has 8 heteroatoms. The molecule has 0 aromatic heterocycles. The molecule has 0 bridgehead atoms. The van der Waals surface area contributed by atoms with Crippen molar-refractivity contribution in [3.05, 3.63) is 34.5 Å². The largest absolute Gasteiger partial charge is 0.397 e. The molecule has 0 fully saturated rings. The number of amides is 1. The van der Waals surface area contributed by atoms with Crippen LogP contribution in [0.1, 0.15) is 29.6 Å². The number of nitrogens with two attached hydrogens (primary N) is 2. The van der Waals surface area contributed by atoms with Gasteiger partial charge in [-0.05, 0) is 31.4 Å². The fourth-order valence-electron chi connectivity index (χ4n) is 2.24. The van der Waals surface area contributed by atoms with Gasteiger partial charge in [-0.15, -0.1) is 0 Å². The lowest BCUT2D eigenvalue weighted by Crippen LogP contribution is -2.29. The molecule has 5 N–H and O–H groups in total. The van der Waals surface area contributed by atoms with E-state index in [1.807, 2.05) is 0 Å². The molecule has 120 valence electrons. The van der Waals surface area contributed by atoms with Crippen molar-refractivity contribution < 1.29 is 18.0 Å². The van der Waals surface area contributed by atoms with Crippen molar-refractivity contribution in [1.82, 2.24) is 5.32 Å². The smallest absolute Gasteiger partial charge is 0.392 e. The molecule has 1 aliphatic carbocycles. The number of halogens is 4. The molecule has 4 nitrogen and oxygen atoms in total. The fraction of sp³-hybridized carbons (Fsp3) is 0.357. The standard InChI is InChI=1S/C14H15ClF3N3O/c15-10-6-12(20)11(19)5-9(10)13(22)21-8-3-1-7(2-4-8)14(16,17)18/h3,5-7H,1-2,4,19-20H2,(H,21,22). The maximum absolute atomic E-state index is 12.6. The first-order valence-electron chi connectivity index (χ1n) is 6.60. The lowest BCUT2D eigenvalue weighted by Gasteiger charge is -2.24. The summed E-state index contributed by atoms with van der Waals surface area (Å²) < 4.78 is 37.7. The van der Waals surface area contributed by atoms with Crippen LogP contribution in [0.4, 0.5) is 24.5 Å². The molecule has 0 saturated carbocycles. The van der Waals surface area contributed by atoms with Crippen LogP contribution < -0.4 is 16.8 Å². The van der Waals surface area contributed by atoms with Crippen molar-refractivity contribution in [3.8, 4) is 0 Å². The second-order valence-corrected chi connectivity index (χ2v) is 5.56. The number of hydrogen-bond donors (Lipinski definition) is 3. The Morgan fingerprint density at radius 3 is 2.45 bits per heavy atom. The zero-order valence-electron chi connectivity index (χ0n) is 11.5. The maximum Gasteiger partial charge on any atom is 0.392 e. The number of carbonyl (C=O) groups is 1. The highest BCUT2D eigenvalue weighted by molar-refractivity contribution is 6.34. The van der Waals surface area contributed by atoms with Gasteiger partial charge in [0.2, 0.25) is 0 Å². The summed E-state index contributed by atoms with van der Waals surface area (Å²) in [6.45, 7) is 0. The molecule has 1 atom stereocenters. The fourth-order valence-corrected chi connectivity index (χ4v) is 2.50. The molecule has 0 aliphatic heterocycles. The van der Waals surface area contributed by atoms with E-state index in [-0.39, 0.29) is 41.2 Å². The van der Waals surface area contributed by atoms with Crippen molar-refractivity contribution >= 4 is 28.9 Å². The minimum atomic E-state index is -4.21. The summed E-state index contributed by atoms with van der Waals surface area (Å²) in [5, 5.41) is 2.70. The maximum atomic E-state index is 12.6. The van der Waals surface area contributed by atoms with Gasteiger partial charge in [-0.25, -0.2) is 0 Å². The van der Waals surface area contributed by atoms with Crippen LogP contribution >= 0.6 is 11.6 Å². The first kappa shape index (κ1) is 16.5. The number of nitrogens with one attached hydrogen (secondary N) is 1. The summed E-state index contributed by atoms with van der Waals surface area (Å²) in [5.74, 6) is -1.88. The van der Waals surface area contributed by atoms with Crippen LogP contribution in [0.5, 0.6) is 0 Å². The highest BCUT2D eigenvalue weighted by Gasteiger charge is 2.39. The molecule has 1 aromatic rings. The van der Waals surface area contributed by atoms with E-state index in [4.69, 9.17) is 23.1 Å². The molecule has 1 amide bonds. The monoisotopic (exact) mass is 333 g/mol. The Balaban J connectivity index is 2.08. The lowest BCUT2D eigenvalue weighted by molar-refractivity contribution is -0.176. The van der Waals surface area contributed by atoms with Crippen molar-refractivity contribution in [2.45, 2.75) is 25.4 Å². The Kier molecular flexibility index (Phi) is 4.55. The summed E-state index contributed by atoms with van der Waals surface area (Å²) in [6.07, 6.45) is -2.85. The number of alkyl halides is 3. The molecule has 1 aromatic carbocycles. The van der Waals surface area contributed by atoms with E-state index in [0.29, 0.717) is 5.70 Å². The third-order valence-corrected chi connectivity index (χ3v) is 3.88. The third kappa shape index (κ3) is 3.65. The molecule has 0 saturated heterocycles. The first-order chi connectivity index (χ1) is 10.2. The van der Waals surface area contributed by atoms with Crippen LogP contribution in [0, 0.1) is 5.92 Å². The van der Waals surface area contributed by atoms with E-state index >= 15 is 0 Å². The Hall–Kier alpha value is -1.89. The van der Waals surface area contributed by atoms with Crippen LogP contribution in [-0.2, 0) is 0 Å². The van der Waals surface area contributed by atoms with Gasteiger partial charge in [0.15, 0.2) is 0 Å². The van der Waals surface area contributed by atoms with E-state index in [1.165, 1.54) is 18.2 Å². The second kappa shape index (κ2) is 6.08. The van der Waals surface area contributed by atoms with Gasteiger partial charge in [-0.1, -0.05) is 17.7 Å². The summed E-state index contributed by atoms with van der Waals surface area (Å²) in [7, 11) is 0. The summed E-state index contributed by atoms with van der Waals surface area (Å²) in [5.41, 5.74) is 12.2. The topological polar surface area (TPSA) is 81.1 Å². The van der Waals surface area contributed by atoms with Crippen LogP contribution in [-0.4, -0.2) is 12.1 Å². The number of benzene rings is 1. The molecule has 2 rings (SSSR count). The molecular formula is C14H15ClF3N3O. The Bertz CT molecular complexity index is 628. The van der Waals surface area contributed by atoms with Gasteiger partial charge in [0.05, 0.1) is 27.9 Å². The zero-order chi connectivity index (χ0) is 16.5. The third-order valence-electron chi connectivity index (χ3n) is 3.57. The summed E-state index contributed by atoms with van der Waals surface area (Å²) >= 11 is 5.93. The highest BCUT2D eigenvalue weighted by atomic mass is 35.5. The molecule has 1 aliphatic rings. The van der Waals surface area contributed by atoms with Gasteiger partial charge in [0.1, 0.15) is 0 Å². The number of hydrogen-bond acceptors (Lipinski definition) is 3. The van der Waals surface area contributed by atoms with E-state index in [1.54, 1.807) is 0 Å². The van der Waals surface area contributed by atoms with Crippen molar-refractivity contribution in [2.24, 2.45) is 5.92 Å². The predicted molar refractivity (Wildman–Crippen MR) is 79.2 cm³/mol. The van der Waals surface area contributed by atoms with Crippen molar-refractivity contribution in [3.63, 3.8) is 0 Å². The van der Waals surface area contributed by atoms with Crippen LogP contribution in [0.25, 0.3) is 0 Å². The van der Waals surface area contributed by atoms with E-state index in [2.05, 4.69) is 5.32 Å². The van der Waals surface area contributed by atoms with E-state index in [9.17, 15) is 18.0 Å². The number of carbonyl (C=O) groups excluding carboxylic acids is 1. The van der Waals surface area contributed by atoms with Gasteiger partial charge < -0.3 is 16.8 Å². The van der Waals surface area contributed by atoms with Crippen LogP contribution in [0.3, 0.4) is 0 Å². The number of nitrogen functional groups attached to an aromatic ring is 2. The van der Waals surface area contributed by atoms with Crippen molar-refractivity contribution in [1.29, 1.82) is 0 Å². The SMILES string of the molecule is Nc1cc(Cl)c(C(=O)NC2=CCC(C(F)(F)F)CC2)cc1N. The van der Waals surface area contributed by atoms with E-state index < -0.39 is 18.0 Å². The minimum absolute atomic E-state index is 0.0484. The summed E-state index contributed by atoms with van der Waals surface area (Å²) in [6, 6.07) is 2.70. The lowest BCUT2D eigenvalue weighted by atomic mass is 9.92. The quantitative estimate of drug-likeness (QED) is 0.725. The van der Waals surface area contributed by atoms with Gasteiger partial charge in [-0.2, -0.15) is 13.2 Å². The number of rotatable bonds is 2. The molecule has 0 heterocycles. The van der Waals surface area contributed by atoms with Crippen LogP contribution in [0.15, 0.2) is 23.9 Å². The highest BCUT2D eigenvalue weighted by Crippen LogP contribution is 2.36. The van der Waals surface area contributed by atoms with Gasteiger partial charge in [0.25, 0.3) is 5.91 Å². The predicted octanol–water partition coefficient (Wildman–Crippen LogP) is 3.48. The Morgan fingerprint density at radius 1 is 1.27 bits per heavy atom. The minimum Gasteiger partial charge on any atom is -0.397 e. The van der Waals surface area contributed by atoms with Gasteiger partial charge in [-0.3, -0.25) is 4.79 Å². The van der Waals surface area contributed by atoms with Crippen molar-refractivity contribution in [2.75, 3.05) is 11.5 Å². The molecule has 0 spiro atoms. The molecule has 1 unspecified atom stereocenters. The van der Waals surface area contributed by atoms with Gasteiger partial charge in [0, 0.05) is 5.70 Å². The summed E-state index contributed by atoms with van der Waals surface area (Å²) in [4.78, 5) is 12.1. The first-order valence-corrected chi connectivity index (χ1v) is 6.98. The Labute approximate surface area is 130 Å². The van der Waals surface area contributed by atoms with E-state index in [0.717, 1.165) is 0 Å². The average molecular weight is 334 g/mol. The number of allylic oxidation sites excluding steroid dienone is 2. The zero-order valence-corrected chi connectivity index (χ0v) is 12.3. The van der Waals surface area contributed by atoms with Gasteiger partial charge >= 0.3 is 6.18 Å². The molecule has 0 radical (unpaired) electrons. The molecular weight excluding hydrogens is 319 g/mol. The normalized spacial score (nSPS) is 18.7. The molecule has 22 heavy (non-hydrogen) atoms. The number of anilines is 2. The Morgan fingerprint density at radius 2 is 1.91 bits per heavy atom. The second-order valence-electron chi connectivity index (χ2n) is 5.16.